The molecule has 0 aliphatic rings. The number of carbonyl (C=O) groups excluding carboxylic acids is 1. The molecule has 1 amide bonds. The fourth-order valence-corrected chi connectivity index (χ4v) is 3.44. The Balaban J connectivity index is 3.32. The van der Waals surface area contributed by atoms with Crippen LogP contribution in [-0.4, -0.2) is 38.9 Å². The molecule has 6 nitrogen and oxygen atoms in total. The van der Waals surface area contributed by atoms with E-state index >= 15 is 0 Å². The van der Waals surface area contributed by atoms with Gasteiger partial charge in [-0.1, -0.05) is 6.92 Å². The summed E-state index contributed by atoms with van der Waals surface area (Å²) in [6.07, 6.45) is 0.795. The Morgan fingerprint density at radius 1 is 1.38 bits per heavy atom. The molecular formula is C14H23N3O3S. The summed E-state index contributed by atoms with van der Waals surface area (Å²) >= 11 is 0. The summed E-state index contributed by atoms with van der Waals surface area (Å²) in [6.45, 7) is 5.94. The van der Waals surface area contributed by atoms with Crippen LogP contribution in [0.2, 0.25) is 0 Å². The molecule has 0 aliphatic carbocycles. The highest BCUT2D eigenvalue weighted by Gasteiger charge is 2.25. The maximum Gasteiger partial charge on any atom is 0.254 e. The van der Waals surface area contributed by atoms with Crippen LogP contribution < -0.4 is 10.5 Å². The van der Waals surface area contributed by atoms with E-state index in [-0.39, 0.29) is 22.4 Å². The Morgan fingerprint density at radius 3 is 2.52 bits per heavy atom. The second kappa shape index (κ2) is 6.91. The van der Waals surface area contributed by atoms with Gasteiger partial charge in [0.05, 0.1) is 10.5 Å². The number of nitrogen functional groups attached to an aromatic ring is 1. The average Bonchev–Trinajstić information content (AvgIpc) is 2.36. The maximum atomic E-state index is 12.4. The van der Waals surface area contributed by atoms with E-state index in [1.165, 1.54) is 23.1 Å². The van der Waals surface area contributed by atoms with Crippen LogP contribution in [0.15, 0.2) is 23.1 Å². The number of anilines is 1. The number of rotatable bonds is 6. The fourth-order valence-electron chi connectivity index (χ4n) is 1.95. The molecule has 7 heteroatoms. The first-order valence-electron chi connectivity index (χ1n) is 6.86. The normalized spacial score (nSPS) is 11.7. The van der Waals surface area contributed by atoms with Crippen LogP contribution in [0.4, 0.5) is 5.69 Å². The van der Waals surface area contributed by atoms with Gasteiger partial charge in [-0.05, 0) is 38.5 Å². The van der Waals surface area contributed by atoms with Gasteiger partial charge in [0.1, 0.15) is 0 Å². The third-order valence-corrected chi connectivity index (χ3v) is 4.52. The molecule has 0 aliphatic heterocycles. The number of nitrogens with two attached hydrogens (primary N) is 1. The molecule has 0 unspecified atom stereocenters. The zero-order valence-electron chi connectivity index (χ0n) is 12.9. The minimum atomic E-state index is -3.78. The van der Waals surface area contributed by atoms with Gasteiger partial charge in [0.2, 0.25) is 10.0 Å². The van der Waals surface area contributed by atoms with Gasteiger partial charge >= 0.3 is 0 Å². The lowest BCUT2D eigenvalue weighted by molar-refractivity contribution is 0.0791. The SMILES string of the molecule is CCCN(C)C(=O)c1ccc(N)cc1S(=O)(=O)NC(C)C. The minimum absolute atomic E-state index is 0.0795. The second-order valence-electron chi connectivity index (χ2n) is 5.26. The molecule has 1 aromatic carbocycles. The van der Waals surface area contributed by atoms with Gasteiger partial charge in [0.25, 0.3) is 5.91 Å². The van der Waals surface area contributed by atoms with Crippen molar-refractivity contribution in [1.29, 1.82) is 0 Å². The topological polar surface area (TPSA) is 92.5 Å². The number of hydrogen-bond acceptors (Lipinski definition) is 4. The first-order valence-corrected chi connectivity index (χ1v) is 8.34. The predicted molar refractivity (Wildman–Crippen MR) is 83.6 cm³/mol. The average molecular weight is 313 g/mol. The molecule has 0 aromatic heterocycles. The van der Waals surface area contributed by atoms with Crippen LogP contribution in [0.25, 0.3) is 0 Å². The highest BCUT2D eigenvalue weighted by atomic mass is 32.2. The zero-order valence-corrected chi connectivity index (χ0v) is 13.7. The van der Waals surface area contributed by atoms with E-state index in [2.05, 4.69) is 4.72 Å². The van der Waals surface area contributed by atoms with E-state index in [0.29, 0.717) is 12.2 Å². The lowest BCUT2D eigenvalue weighted by atomic mass is 10.2. The Hall–Kier alpha value is -1.60. The number of benzene rings is 1. The van der Waals surface area contributed by atoms with Crippen LogP contribution >= 0.6 is 0 Å². The molecule has 21 heavy (non-hydrogen) atoms. The van der Waals surface area contributed by atoms with Crippen LogP contribution in [-0.2, 0) is 10.0 Å². The summed E-state index contributed by atoms with van der Waals surface area (Å²) in [5.41, 5.74) is 6.11. The first-order chi connectivity index (χ1) is 9.69. The highest BCUT2D eigenvalue weighted by molar-refractivity contribution is 7.89. The van der Waals surface area contributed by atoms with Gasteiger partial charge in [-0.2, -0.15) is 0 Å². The second-order valence-corrected chi connectivity index (χ2v) is 6.94. The summed E-state index contributed by atoms with van der Waals surface area (Å²) in [4.78, 5) is 13.8. The van der Waals surface area contributed by atoms with Crippen molar-refractivity contribution in [2.24, 2.45) is 0 Å². The number of carbonyl (C=O) groups is 1. The molecule has 118 valence electrons. The summed E-state index contributed by atoms with van der Waals surface area (Å²) in [7, 11) is -2.14. The van der Waals surface area contributed by atoms with Gasteiger partial charge in [-0.15, -0.1) is 0 Å². The highest BCUT2D eigenvalue weighted by Crippen LogP contribution is 2.21. The first kappa shape index (κ1) is 17.5. The van der Waals surface area contributed by atoms with E-state index in [9.17, 15) is 13.2 Å². The van der Waals surface area contributed by atoms with Crippen molar-refractivity contribution in [1.82, 2.24) is 9.62 Å². The summed E-state index contributed by atoms with van der Waals surface area (Å²) in [5, 5.41) is 0. The van der Waals surface area contributed by atoms with Crippen molar-refractivity contribution in [2.45, 2.75) is 38.1 Å². The Morgan fingerprint density at radius 2 is 2.00 bits per heavy atom. The fraction of sp³-hybridized carbons (Fsp3) is 0.500. The summed E-state index contributed by atoms with van der Waals surface area (Å²) < 4.78 is 27.2. The van der Waals surface area contributed by atoms with Gasteiger partial charge in [0.15, 0.2) is 0 Å². The monoisotopic (exact) mass is 313 g/mol. The number of sulfonamides is 1. The van der Waals surface area contributed by atoms with E-state index in [1.807, 2.05) is 6.92 Å². The third kappa shape index (κ3) is 4.44. The van der Waals surface area contributed by atoms with Gasteiger partial charge in [-0.3, -0.25) is 4.79 Å². The molecule has 0 fully saturated rings. The van der Waals surface area contributed by atoms with Crippen LogP contribution in [0, 0.1) is 0 Å². The van der Waals surface area contributed by atoms with Crippen molar-refractivity contribution in [3.63, 3.8) is 0 Å². The Bertz CT molecular complexity index is 612. The standard InChI is InChI=1S/C14H23N3O3S/c1-5-8-17(4)14(18)12-7-6-11(15)9-13(12)21(19,20)16-10(2)3/h6-7,9-10,16H,5,8,15H2,1-4H3. The molecule has 0 spiro atoms. The van der Waals surface area contributed by atoms with Gasteiger partial charge in [0, 0.05) is 25.3 Å². The molecule has 0 radical (unpaired) electrons. The lowest BCUT2D eigenvalue weighted by Crippen LogP contribution is -2.34. The largest absolute Gasteiger partial charge is 0.399 e. The predicted octanol–water partition coefficient (Wildman–Crippen LogP) is 1.44. The van der Waals surface area contributed by atoms with E-state index in [4.69, 9.17) is 5.73 Å². The van der Waals surface area contributed by atoms with Crippen molar-refractivity contribution >= 4 is 21.6 Å². The molecule has 0 atom stereocenters. The van der Waals surface area contributed by atoms with Crippen molar-refractivity contribution in [2.75, 3.05) is 19.3 Å². The Labute approximate surface area is 126 Å². The smallest absolute Gasteiger partial charge is 0.254 e. The van der Waals surface area contributed by atoms with Gasteiger partial charge in [-0.25, -0.2) is 13.1 Å². The lowest BCUT2D eigenvalue weighted by Gasteiger charge is -2.19. The maximum absolute atomic E-state index is 12.4. The van der Waals surface area contributed by atoms with Crippen LogP contribution in [0.1, 0.15) is 37.6 Å². The molecule has 3 N–H and O–H groups in total. The van der Waals surface area contributed by atoms with E-state index in [1.54, 1.807) is 20.9 Å². The molecule has 0 saturated heterocycles. The van der Waals surface area contributed by atoms with E-state index < -0.39 is 10.0 Å². The quantitative estimate of drug-likeness (QED) is 0.777. The Kier molecular flexibility index (Phi) is 5.74. The molecule has 0 heterocycles. The molecule has 1 rings (SSSR count). The number of nitrogens with one attached hydrogen (secondary N) is 1. The van der Waals surface area contributed by atoms with Crippen LogP contribution in [0.5, 0.6) is 0 Å². The minimum Gasteiger partial charge on any atom is -0.399 e. The summed E-state index contributed by atoms with van der Waals surface area (Å²) in [5.74, 6) is -0.332. The molecule has 0 saturated carbocycles. The third-order valence-electron chi connectivity index (χ3n) is 2.82. The van der Waals surface area contributed by atoms with Gasteiger partial charge < -0.3 is 10.6 Å². The van der Waals surface area contributed by atoms with E-state index in [0.717, 1.165) is 6.42 Å². The van der Waals surface area contributed by atoms with Crippen molar-refractivity contribution < 1.29 is 13.2 Å². The summed E-state index contributed by atoms with van der Waals surface area (Å²) in [6, 6.07) is 4.03. The number of hydrogen-bond donors (Lipinski definition) is 2. The molecular weight excluding hydrogens is 290 g/mol. The van der Waals surface area contributed by atoms with Crippen molar-refractivity contribution in [3.05, 3.63) is 23.8 Å². The molecule has 1 aromatic rings. The number of nitrogens with zero attached hydrogens (tertiary/aromatic N) is 1. The van der Waals surface area contributed by atoms with Crippen LogP contribution in [0.3, 0.4) is 0 Å². The number of amides is 1. The van der Waals surface area contributed by atoms with Crippen molar-refractivity contribution in [3.8, 4) is 0 Å². The molecule has 0 bridgehead atoms. The zero-order chi connectivity index (χ0) is 16.2.